The first-order valence-electron chi connectivity index (χ1n) is 4.83. The van der Waals surface area contributed by atoms with E-state index in [0.717, 1.165) is 4.47 Å². The lowest BCUT2D eigenvalue weighted by molar-refractivity contribution is 0.0694. The molecular formula is C11H8BrN3O3. The van der Waals surface area contributed by atoms with E-state index in [-0.39, 0.29) is 17.1 Å². The van der Waals surface area contributed by atoms with E-state index in [4.69, 9.17) is 15.6 Å². The zero-order valence-electron chi connectivity index (χ0n) is 9.00. The summed E-state index contributed by atoms with van der Waals surface area (Å²) in [7, 11) is 0. The van der Waals surface area contributed by atoms with E-state index in [1.54, 1.807) is 12.3 Å². The molecule has 92 valence electrons. The van der Waals surface area contributed by atoms with E-state index >= 15 is 0 Å². The van der Waals surface area contributed by atoms with Gasteiger partial charge in [0.2, 0.25) is 0 Å². The number of nitrogens with zero attached hydrogens (tertiary/aromatic N) is 2. The number of carbonyl (C=O) groups is 1. The Balaban J connectivity index is 2.37. The molecule has 6 nitrogen and oxygen atoms in total. The van der Waals surface area contributed by atoms with Crippen LogP contribution in [0.5, 0.6) is 11.5 Å². The summed E-state index contributed by atoms with van der Waals surface area (Å²) in [6.07, 6.45) is 4.32. The lowest BCUT2D eigenvalue weighted by Gasteiger charge is -2.08. The highest BCUT2D eigenvalue weighted by atomic mass is 79.9. The number of nitrogen functional groups attached to an aromatic ring is 1. The number of aromatic carboxylic acids is 1. The van der Waals surface area contributed by atoms with Crippen LogP contribution in [-0.2, 0) is 0 Å². The second kappa shape index (κ2) is 5.01. The fourth-order valence-electron chi connectivity index (χ4n) is 1.28. The third-order valence-electron chi connectivity index (χ3n) is 2.03. The molecule has 0 aliphatic heterocycles. The molecule has 0 amide bonds. The van der Waals surface area contributed by atoms with Crippen LogP contribution in [0.15, 0.2) is 35.2 Å². The molecule has 2 rings (SSSR count). The summed E-state index contributed by atoms with van der Waals surface area (Å²) >= 11 is 3.24. The van der Waals surface area contributed by atoms with Crippen LogP contribution in [0, 0.1) is 0 Å². The Labute approximate surface area is 111 Å². The maximum atomic E-state index is 11.0. The molecule has 0 fully saturated rings. The van der Waals surface area contributed by atoms with E-state index in [9.17, 15) is 4.79 Å². The van der Waals surface area contributed by atoms with Gasteiger partial charge in [-0.3, -0.25) is 4.98 Å². The predicted octanol–water partition coefficient (Wildman–Crippen LogP) is 2.31. The molecule has 0 saturated heterocycles. The van der Waals surface area contributed by atoms with Gasteiger partial charge >= 0.3 is 5.97 Å². The van der Waals surface area contributed by atoms with Gasteiger partial charge in [0.1, 0.15) is 17.1 Å². The fourth-order valence-corrected chi connectivity index (χ4v) is 1.63. The maximum Gasteiger partial charge on any atom is 0.339 e. The number of hydrogen-bond donors (Lipinski definition) is 2. The Bertz CT molecular complexity index is 604. The highest BCUT2D eigenvalue weighted by Crippen LogP contribution is 2.26. The van der Waals surface area contributed by atoms with Gasteiger partial charge in [0, 0.05) is 10.7 Å². The molecule has 0 aliphatic carbocycles. The van der Waals surface area contributed by atoms with Crippen molar-refractivity contribution in [1.82, 2.24) is 9.97 Å². The average molecular weight is 310 g/mol. The van der Waals surface area contributed by atoms with Crippen LogP contribution in [-0.4, -0.2) is 21.0 Å². The number of nitrogens with two attached hydrogens (primary N) is 1. The summed E-state index contributed by atoms with van der Waals surface area (Å²) in [6, 6.07) is 2.90. The zero-order chi connectivity index (χ0) is 13.1. The van der Waals surface area contributed by atoms with Gasteiger partial charge in [-0.2, -0.15) is 0 Å². The van der Waals surface area contributed by atoms with Gasteiger partial charge in [-0.25, -0.2) is 9.78 Å². The number of ether oxygens (including phenoxy) is 1. The number of halogens is 1. The quantitative estimate of drug-likeness (QED) is 0.902. The second-order valence-electron chi connectivity index (χ2n) is 3.35. The van der Waals surface area contributed by atoms with Crippen LogP contribution in [0.2, 0.25) is 0 Å². The molecule has 7 heteroatoms. The van der Waals surface area contributed by atoms with Gasteiger partial charge in [0.15, 0.2) is 5.75 Å². The highest BCUT2D eigenvalue weighted by Gasteiger charge is 2.13. The number of aromatic nitrogens is 2. The van der Waals surface area contributed by atoms with Crippen molar-refractivity contribution >= 4 is 27.7 Å². The molecule has 0 spiro atoms. The molecule has 0 atom stereocenters. The molecule has 0 aliphatic rings. The monoisotopic (exact) mass is 309 g/mol. The third kappa shape index (κ3) is 2.75. The molecule has 2 heterocycles. The molecule has 0 saturated carbocycles. The van der Waals surface area contributed by atoms with E-state index in [1.165, 1.54) is 18.5 Å². The number of rotatable bonds is 3. The molecule has 18 heavy (non-hydrogen) atoms. The van der Waals surface area contributed by atoms with Crippen LogP contribution in [0.1, 0.15) is 10.4 Å². The first-order chi connectivity index (χ1) is 8.56. The Kier molecular flexibility index (Phi) is 3.42. The van der Waals surface area contributed by atoms with E-state index < -0.39 is 5.97 Å². The van der Waals surface area contributed by atoms with Crippen LogP contribution in [0.3, 0.4) is 0 Å². The largest absolute Gasteiger partial charge is 0.478 e. The minimum Gasteiger partial charge on any atom is -0.478 e. The Morgan fingerprint density at radius 3 is 2.78 bits per heavy atom. The lowest BCUT2D eigenvalue weighted by Crippen LogP contribution is -2.03. The van der Waals surface area contributed by atoms with Crippen molar-refractivity contribution in [2.24, 2.45) is 0 Å². The Hall–Kier alpha value is -2.15. The number of pyridine rings is 2. The standard InChI is InChI=1S/C11H8BrN3O3/c12-6-1-7(4-14-3-6)18-9-5-15-10(13)2-8(9)11(16)17/h1-5H,(H2,13,15)(H,16,17). The number of carboxylic acids is 1. The summed E-state index contributed by atoms with van der Waals surface area (Å²) in [5.74, 6) is -0.510. The second-order valence-corrected chi connectivity index (χ2v) is 4.27. The summed E-state index contributed by atoms with van der Waals surface area (Å²) in [4.78, 5) is 18.7. The smallest absolute Gasteiger partial charge is 0.339 e. The minimum atomic E-state index is -1.14. The zero-order valence-corrected chi connectivity index (χ0v) is 10.6. The maximum absolute atomic E-state index is 11.0. The van der Waals surface area contributed by atoms with Crippen molar-refractivity contribution in [2.45, 2.75) is 0 Å². The number of hydrogen-bond acceptors (Lipinski definition) is 5. The van der Waals surface area contributed by atoms with Gasteiger partial charge in [0.05, 0.1) is 12.4 Å². The summed E-state index contributed by atoms with van der Waals surface area (Å²) in [5.41, 5.74) is 5.38. The highest BCUT2D eigenvalue weighted by molar-refractivity contribution is 9.10. The molecule has 2 aromatic rings. The third-order valence-corrected chi connectivity index (χ3v) is 2.46. The van der Waals surface area contributed by atoms with Gasteiger partial charge < -0.3 is 15.6 Å². The fraction of sp³-hybridized carbons (Fsp3) is 0. The lowest BCUT2D eigenvalue weighted by atomic mass is 10.2. The van der Waals surface area contributed by atoms with Gasteiger partial charge in [-0.1, -0.05) is 0 Å². The summed E-state index contributed by atoms with van der Waals surface area (Å²) < 4.78 is 6.14. The van der Waals surface area contributed by atoms with E-state index in [0.29, 0.717) is 5.75 Å². The van der Waals surface area contributed by atoms with E-state index in [2.05, 4.69) is 25.9 Å². The van der Waals surface area contributed by atoms with Crippen molar-refractivity contribution in [1.29, 1.82) is 0 Å². The van der Waals surface area contributed by atoms with Crippen LogP contribution >= 0.6 is 15.9 Å². The Morgan fingerprint density at radius 2 is 2.11 bits per heavy atom. The first-order valence-corrected chi connectivity index (χ1v) is 5.63. The van der Waals surface area contributed by atoms with Gasteiger partial charge in [0.25, 0.3) is 0 Å². The number of carboxylic acid groups (broad SMARTS) is 1. The molecule has 0 aromatic carbocycles. The van der Waals surface area contributed by atoms with Crippen molar-refractivity contribution in [3.05, 3.63) is 40.8 Å². The van der Waals surface area contributed by atoms with Gasteiger partial charge in [-0.15, -0.1) is 0 Å². The van der Waals surface area contributed by atoms with E-state index in [1.807, 2.05) is 0 Å². The van der Waals surface area contributed by atoms with Crippen molar-refractivity contribution in [2.75, 3.05) is 5.73 Å². The van der Waals surface area contributed by atoms with Crippen LogP contribution in [0.4, 0.5) is 5.82 Å². The van der Waals surface area contributed by atoms with Crippen LogP contribution in [0.25, 0.3) is 0 Å². The number of anilines is 1. The normalized spacial score (nSPS) is 10.1. The van der Waals surface area contributed by atoms with Crippen molar-refractivity contribution < 1.29 is 14.6 Å². The summed E-state index contributed by atoms with van der Waals surface area (Å²) in [5, 5.41) is 9.03. The molecule has 0 unspecified atom stereocenters. The average Bonchev–Trinajstić information content (AvgIpc) is 2.31. The first kappa shape index (κ1) is 12.3. The van der Waals surface area contributed by atoms with Gasteiger partial charge in [-0.05, 0) is 28.1 Å². The summed E-state index contributed by atoms with van der Waals surface area (Å²) in [6.45, 7) is 0. The van der Waals surface area contributed by atoms with Crippen LogP contribution < -0.4 is 10.5 Å². The molecule has 3 N–H and O–H groups in total. The topological polar surface area (TPSA) is 98.3 Å². The van der Waals surface area contributed by atoms with Crippen molar-refractivity contribution in [3.63, 3.8) is 0 Å². The predicted molar refractivity (Wildman–Crippen MR) is 67.6 cm³/mol. The molecular weight excluding hydrogens is 302 g/mol. The van der Waals surface area contributed by atoms with Crippen molar-refractivity contribution in [3.8, 4) is 11.5 Å². The minimum absolute atomic E-state index is 0.0533. The molecule has 0 radical (unpaired) electrons. The Morgan fingerprint density at radius 1 is 1.33 bits per heavy atom. The SMILES string of the molecule is Nc1cc(C(=O)O)c(Oc2cncc(Br)c2)cn1. The molecule has 2 aromatic heterocycles. The molecule has 0 bridgehead atoms.